The van der Waals surface area contributed by atoms with Crippen molar-refractivity contribution in [2.75, 3.05) is 20.3 Å². The molecule has 0 radical (unpaired) electrons. The van der Waals surface area contributed by atoms with Gasteiger partial charge in [0.2, 0.25) is 5.79 Å². The Bertz CT molecular complexity index is 697. The van der Waals surface area contributed by atoms with Crippen molar-refractivity contribution in [2.45, 2.75) is 5.79 Å². The maximum Gasteiger partial charge on any atom is 0.222 e. The molecule has 0 spiro atoms. The molecule has 0 bridgehead atoms. The second kappa shape index (κ2) is 6.26. The summed E-state index contributed by atoms with van der Waals surface area (Å²) in [6.45, 7) is 0.952. The fourth-order valence-electron chi connectivity index (χ4n) is 2.48. The molecule has 3 rings (SSSR count). The number of benzene rings is 2. The van der Waals surface area contributed by atoms with Crippen LogP contribution in [0.4, 0.5) is 0 Å². The van der Waals surface area contributed by atoms with Crippen LogP contribution in [0, 0.1) is 0 Å². The van der Waals surface area contributed by atoms with Gasteiger partial charge in [-0.25, -0.2) is 0 Å². The van der Waals surface area contributed by atoms with Crippen LogP contribution < -0.4 is 4.74 Å². The lowest BCUT2D eigenvalue weighted by Gasteiger charge is -2.29. The first-order chi connectivity index (χ1) is 10.6. The molecule has 0 aliphatic carbocycles. The van der Waals surface area contributed by atoms with Crippen LogP contribution in [0.1, 0.15) is 11.1 Å². The molecule has 1 saturated heterocycles. The van der Waals surface area contributed by atoms with Crippen LogP contribution in [0.2, 0.25) is 15.1 Å². The Morgan fingerprint density at radius 3 is 2.00 bits per heavy atom. The summed E-state index contributed by atoms with van der Waals surface area (Å²) < 4.78 is 17.0. The number of hydrogen-bond donors (Lipinski definition) is 0. The van der Waals surface area contributed by atoms with E-state index in [0.717, 1.165) is 11.1 Å². The van der Waals surface area contributed by atoms with Crippen LogP contribution in [0.3, 0.4) is 0 Å². The van der Waals surface area contributed by atoms with E-state index >= 15 is 0 Å². The maximum absolute atomic E-state index is 6.23. The van der Waals surface area contributed by atoms with Gasteiger partial charge in [-0.2, -0.15) is 0 Å². The number of ether oxygens (including phenoxy) is 3. The quantitative estimate of drug-likeness (QED) is 0.780. The third-order valence-corrected chi connectivity index (χ3v) is 4.56. The Balaban J connectivity index is 2.12. The predicted molar refractivity (Wildman–Crippen MR) is 87.2 cm³/mol. The summed E-state index contributed by atoms with van der Waals surface area (Å²) in [4.78, 5) is 0. The van der Waals surface area contributed by atoms with Crippen molar-refractivity contribution in [3.8, 4) is 5.75 Å². The van der Waals surface area contributed by atoms with E-state index in [2.05, 4.69) is 0 Å². The highest BCUT2D eigenvalue weighted by Gasteiger charge is 2.41. The third kappa shape index (κ3) is 2.68. The van der Waals surface area contributed by atoms with Gasteiger partial charge in [-0.05, 0) is 30.3 Å². The van der Waals surface area contributed by atoms with E-state index in [0.29, 0.717) is 34.0 Å². The summed E-state index contributed by atoms with van der Waals surface area (Å²) in [6, 6.07) is 10.7. The van der Waals surface area contributed by atoms with Crippen molar-refractivity contribution < 1.29 is 14.2 Å². The Hall–Kier alpha value is -0.970. The number of methoxy groups -OCH3 is 1. The summed E-state index contributed by atoms with van der Waals surface area (Å²) in [7, 11) is 1.57. The summed E-state index contributed by atoms with van der Waals surface area (Å²) in [5.41, 5.74) is 1.54. The van der Waals surface area contributed by atoms with Gasteiger partial charge in [0.15, 0.2) is 0 Å². The van der Waals surface area contributed by atoms with E-state index in [1.54, 1.807) is 31.4 Å². The molecule has 0 aromatic heterocycles. The maximum atomic E-state index is 6.23. The van der Waals surface area contributed by atoms with Gasteiger partial charge < -0.3 is 14.2 Å². The lowest BCUT2D eigenvalue weighted by atomic mass is 9.97. The Kier molecular flexibility index (Phi) is 4.53. The van der Waals surface area contributed by atoms with Gasteiger partial charge in [0.05, 0.1) is 35.4 Å². The Morgan fingerprint density at radius 2 is 1.45 bits per heavy atom. The SMILES string of the molecule is COc1ccc(C2(c3ccc(Cl)c(Cl)c3)OCCO2)cc1Cl. The van der Waals surface area contributed by atoms with Gasteiger partial charge in [0.1, 0.15) is 5.75 Å². The van der Waals surface area contributed by atoms with Crippen molar-refractivity contribution >= 4 is 34.8 Å². The van der Waals surface area contributed by atoms with Crippen LogP contribution in [0.15, 0.2) is 36.4 Å². The number of hydrogen-bond acceptors (Lipinski definition) is 3. The van der Waals surface area contributed by atoms with Gasteiger partial charge in [0.25, 0.3) is 0 Å². The molecule has 1 aliphatic heterocycles. The second-order valence-corrected chi connectivity index (χ2v) is 6.01. The summed E-state index contributed by atoms with van der Waals surface area (Å²) >= 11 is 18.4. The average molecular weight is 360 g/mol. The zero-order chi connectivity index (χ0) is 15.7. The van der Waals surface area contributed by atoms with Crippen molar-refractivity contribution in [1.82, 2.24) is 0 Å². The van der Waals surface area contributed by atoms with E-state index in [1.807, 2.05) is 12.1 Å². The molecular weight excluding hydrogens is 347 g/mol. The van der Waals surface area contributed by atoms with Gasteiger partial charge in [-0.15, -0.1) is 0 Å². The van der Waals surface area contributed by atoms with E-state index in [4.69, 9.17) is 49.0 Å². The highest BCUT2D eigenvalue weighted by molar-refractivity contribution is 6.42. The normalized spacial score (nSPS) is 16.7. The fraction of sp³-hybridized carbons (Fsp3) is 0.250. The molecule has 6 heteroatoms. The Morgan fingerprint density at radius 1 is 0.864 bits per heavy atom. The first-order valence-electron chi connectivity index (χ1n) is 6.64. The first-order valence-corrected chi connectivity index (χ1v) is 7.77. The molecule has 0 atom stereocenters. The van der Waals surface area contributed by atoms with E-state index in [1.165, 1.54) is 0 Å². The van der Waals surface area contributed by atoms with Gasteiger partial charge in [0, 0.05) is 11.1 Å². The van der Waals surface area contributed by atoms with Gasteiger partial charge >= 0.3 is 0 Å². The molecule has 1 aliphatic rings. The van der Waals surface area contributed by atoms with Crippen molar-refractivity contribution in [3.05, 3.63) is 62.6 Å². The van der Waals surface area contributed by atoms with Crippen LogP contribution >= 0.6 is 34.8 Å². The monoisotopic (exact) mass is 358 g/mol. The van der Waals surface area contributed by atoms with Crippen LogP contribution in [-0.4, -0.2) is 20.3 Å². The van der Waals surface area contributed by atoms with Crippen molar-refractivity contribution in [1.29, 1.82) is 0 Å². The number of rotatable bonds is 3. The van der Waals surface area contributed by atoms with Gasteiger partial charge in [-0.3, -0.25) is 0 Å². The lowest BCUT2D eigenvalue weighted by Crippen LogP contribution is -2.28. The topological polar surface area (TPSA) is 27.7 Å². The fourth-order valence-corrected chi connectivity index (χ4v) is 3.04. The third-order valence-electron chi connectivity index (χ3n) is 3.53. The van der Waals surface area contributed by atoms with E-state index < -0.39 is 5.79 Å². The second-order valence-electron chi connectivity index (χ2n) is 4.79. The summed E-state index contributed by atoms with van der Waals surface area (Å²) in [5.74, 6) is -0.447. The van der Waals surface area contributed by atoms with Crippen LogP contribution in [0.25, 0.3) is 0 Å². The molecule has 1 fully saturated rings. The summed E-state index contributed by atoms with van der Waals surface area (Å²) in [5, 5.41) is 1.40. The molecule has 116 valence electrons. The number of halogens is 3. The largest absolute Gasteiger partial charge is 0.495 e. The van der Waals surface area contributed by atoms with Crippen molar-refractivity contribution in [3.63, 3.8) is 0 Å². The minimum atomic E-state index is -1.04. The predicted octanol–water partition coefficient (Wildman–Crippen LogP) is 4.90. The standard InChI is InChI=1S/C16H13Cl3O3/c1-20-15-5-3-11(9-14(15)19)16(21-6-7-22-16)10-2-4-12(17)13(18)8-10/h2-5,8-9H,6-7H2,1H3. The molecule has 0 saturated carbocycles. The Labute approximate surface area is 143 Å². The first kappa shape index (κ1) is 15.9. The molecule has 0 amide bonds. The molecular formula is C16H13Cl3O3. The molecule has 2 aromatic rings. The van der Waals surface area contributed by atoms with Crippen LogP contribution in [0.5, 0.6) is 5.75 Å². The highest BCUT2D eigenvalue weighted by Crippen LogP contribution is 2.42. The lowest BCUT2D eigenvalue weighted by molar-refractivity contribution is -0.129. The average Bonchev–Trinajstić information content (AvgIpc) is 3.01. The molecule has 2 aromatic carbocycles. The molecule has 0 unspecified atom stereocenters. The molecule has 0 N–H and O–H groups in total. The zero-order valence-corrected chi connectivity index (χ0v) is 14.0. The van der Waals surface area contributed by atoms with Gasteiger partial charge in [-0.1, -0.05) is 40.9 Å². The van der Waals surface area contributed by atoms with E-state index in [9.17, 15) is 0 Å². The highest BCUT2D eigenvalue weighted by atomic mass is 35.5. The van der Waals surface area contributed by atoms with Crippen molar-refractivity contribution in [2.24, 2.45) is 0 Å². The zero-order valence-electron chi connectivity index (χ0n) is 11.7. The molecule has 1 heterocycles. The molecule has 22 heavy (non-hydrogen) atoms. The molecule has 3 nitrogen and oxygen atoms in total. The minimum absolute atomic E-state index is 0.442. The van der Waals surface area contributed by atoms with Crippen LogP contribution in [-0.2, 0) is 15.3 Å². The smallest absolute Gasteiger partial charge is 0.222 e. The van der Waals surface area contributed by atoms with E-state index in [-0.39, 0.29) is 0 Å². The summed E-state index contributed by atoms with van der Waals surface area (Å²) in [6.07, 6.45) is 0. The minimum Gasteiger partial charge on any atom is -0.495 e.